The standard InChI is InChI=1S/C31H28N2O4S2/c1-21-8-6-7-11-24(21)26-16-23(12-13-25(26)30(34)33-27(31(35)36)14-15-38-2)19-37-28(29-18-32-20-39-29)17-22-9-4-3-5-10-22/h3,6-8,11-13,16,18,20,27-28H,14-15,17,19H2,1-2H3,(H,33,34)(H,35,36)/t27-,28?/m0/s1. The Morgan fingerprint density at radius 3 is 2.74 bits per heavy atom. The van der Waals surface area contributed by atoms with Crippen molar-refractivity contribution in [2.24, 2.45) is 0 Å². The van der Waals surface area contributed by atoms with Crippen LogP contribution < -0.4 is 5.32 Å². The number of hydrogen-bond donors (Lipinski definition) is 2. The Labute approximate surface area is 236 Å². The number of carbonyl (C=O) groups excluding carboxylic acids is 1. The van der Waals surface area contributed by atoms with Gasteiger partial charge in [0, 0.05) is 24.3 Å². The first-order chi connectivity index (χ1) is 19.0. The van der Waals surface area contributed by atoms with E-state index in [1.165, 1.54) is 11.3 Å². The topological polar surface area (TPSA) is 88.5 Å². The first kappa shape index (κ1) is 28.2. The molecule has 4 rings (SSSR count). The lowest BCUT2D eigenvalue weighted by atomic mass is 9.93. The number of ether oxygens (including phenoxy) is 1. The van der Waals surface area contributed by atoms with Crippen LogP contribution in [-0.2, 0) is 16.1 Å². The molecule has 1 amide bonds. The van der Waals surface area contributed by atoms with Gasteiger partial charge in [0.15, 0.2) is 0 Å². The molecular weight excluding hydrogens is 528 g/mol. The Morgan fingerprint density at radius 2 is 2.05 bits per heavy atom. The lowest BCUT2D eigenvalue weighted by molar-refractivity contribution is -0.139. The number of amides is 1. The number of allylic oxidation sites excluding steroid dienone is 1. The average Bonchev–Trinajstić information content (AvgIpc) is 3.49. The van der Waals surface area contributed by atoms with Crippen molar-refractivity contribution < 1.29 is 19.4 Å². The van der Waals surface area contributed by atoms with Crippen LogP contribution in [0.3, 0.4) is 0 Å². The Bertz CT molecular complexity index is 1500. The largest absolute Gasteiger partial charge is 0.480 e. The third kappa shape index (κ3) is 7.61. The zero-order valence-corrected chi connectivity index (χ0v) is 23.3. The van der Waals surface area contributed by atoms with Gasteiger partial charge >= 0.3 is 5.97 Å². The molecule has 2 aromatic carbocycles. The second kappa shape index (κ2) is 13.8. The number of nitrogens with zero attached hydrogens (tertiary/aromatic N) is 1. The zero-order valence-electron chi connectivity index (χ0n) is 21.7. The molecule has 0 fully saturated rings. The highest BCUT2D eigenvalue weighted by Crippen LogP contribution is 2.31. The molecule has 39 heavy (non-hydrogen) atoms. The lowest BCUT2D eigenvalue weighted by Gasteiger charge is -2.19. The Kier molecular flexibility index (Phi) is 9.99. The van der Waals surface area contributed by atoms with E-state index in [4.69, 9.17) is 4.74 Å². The highest BCUT2D eigenvalue weighted by atomic mass is 32.2. The fourth-order valence-corrected chi connectivity index (χ4v) is 5.27. The maximum atomic E-state index is 13.3. The maximum absolute atomic E-state index is 13.3. The molecule has 2 atom stereocenters. The summed E-state index contributed by atoms with van der Waals surface area (Å²) in [4.78, 5) is 30.3. The number of carbonyl (C=O) groups is 2. The molecule has 0 bridgehead atoms. The predicted octanol–water partition coefficient (Wildman–Crippen LogP) is 5.96. The maximum Gasteiger partial charge on any atom is 0.326 e. The van der Waals surface area contributed by atoms with Gasteiger partial charge in [0.2, 0.25) is 0 Å². The van der Waals surface area contributed by atoms with E-state index in [1.54, 1.807) is 35.6 Å². The van der Waals surface area contributed by atoms with Crippen molar-refractivity contribution in [1.29, 1.82) is 0 Å². The van der Waals surface area contributed by atoms with Crippen molar-refractivity contribution >= 4 is 35.0 Å². The van der Waals surface area contributed by atoms with Crippen LogP contribution in [0.15, 0.2) is 77.3 Å². The molecule has 0 spiro atoms. The number of carboxylic acids is 1. The second-order valence-corrected chi connectivity index (χ2v) is 10.8. The molecule has 2 N–H and O–H groups in total. The van der Waals surface area contributed by atoms with Gasteiger partial charge in [-0.1, -0.05) is 53.6 Å². The van der Waals surface area contributed by atoms with E-state index in [2.05, 4.69) is 33.6 Å². The Balaban J connectivity index is 1.61. The van der Waals surface area contributed by atoms with E-state index in [0.29, 0.717) is 30.8 Å². The summed E-state index contributed by atoms with van der Waals surface area (Å²) < 4.78 is 6.36. The number of benzene rings is 2. The van der Waals surface area contributed by atoms with Crippen molar-refractivity contribution in [3.05, 3.63) is 98.9 Å². The summed E-state index contributed by atoms with van der Waals surface area (Å²) in [6.07, 6.45) is 5.98. The summed E-state index contributed by atoms with van der Waals surface area (Å²) in [5.41, 5.74) is 12.5. The molecule has 3 aromatic rings. The molecule has 1 aromatic heterocycles. The minimum absolute atomic E-state index is 0.258. The van der Waals surface area contributed by atoms with E-state index >= 15 is 0 Å². The summed E-state index contributed by atoms with van der Waals surface area (Å²) in [5, 5.41) is 12.3. The van der Waals surface area contributed by atoms with Crippen LogP contribution in [0.5, 0.6) is 0 Å². The molecule has 1 aliphatic carbocycles. The number of aryl methyl sites for hydroxylation is 1. The van der Waals surface area contributed by atoms with E-state index in [-0.39, 0.29) is 6.10 Å². The summed E-state index contributed by atoms with van der Waals surface area (Å²) >= 11 is 3.06. The second-order valence-electron chi connectivity index (χ2n) is 8.91. The first-order valence-corrected chi connectivity index (χ1v) is 14.7. The lowest BCUT2D eigenvalue weighted by Crippen LogP contribution is -2.41. The zero-order chi connectivity index (χ0) is 27.6. The Morgan fingerprint density at radius 1 is 1.21 bits per heavy atom. The molecule has 0 saturated carbocycles. The number of carboxylic acid groups (broad SMARTS) is 1. The summed E-state index contributed by atoms with van der Waals surface area (Å²) in [7, 11) is 0. The highest BCUT2D eigenvalue weighted by Gasteiger charge is 2.23. The first-order valence-electron chi connectivity index (χ1n) is 12.4. The monoisotopic (exact) mass is 556 g/mol. The van der Waals surface area contributed by atoms with E-state index in [0.717, 1.165) is 32.7 Å². The van der Waals surface area contributed by atoms with Crippen LogP contribution in [0, 0.1) is 18.8 Å². The van der Waals surface area contributed by atoms with Gasteiger partial charge in [0.1, 0.15) is 6.04 Å². The molecule has 198 valence electrons. The number of hydrogen-bond acceptors (Lipinski definition) is 6. The van der Waals surface area contributed by atoms with Crippen LogP contribution in [0.25, 0.3) is 11.1 Å². The molecule has 0 aliphatic heterocycles. The van der Waals surface area contributed by atoms with Crippen LogP contribution >= 0.6 is 23.1 Å². The van der Waals surface area contributed by atoms with E-state index in [1.807, 2.05) is 49.6 Å². The van der Waals surface area contributed by atoms with Crippen molar-refractivity contribution in [3.63, 3.8) is 0 Å². The van der Waals surface area contributed by atoms with E-state index in [9.17, 15) is 14.7 Å². The SMILES string of the molecule is CSCC[C@H](NC(=O)c1ccc(COC(CC2=C=C=CC#C2)c2cncs2)cc1-c1ccccc1C)C(=O)O. The molecular formula is C31H28N2O4S2. The van der Waals surface area contributed by atoms with Crippen molar-refractivity contribution in [3.8, 4) is 23.0 Å². The predicted molar refractivity (Wildman–Crippen MR) is 156 cm³/mol. The number of nitrogens with one attached hydrogen (secondary N) is 1. The van der Waals surface area contributed by atoms with Gasteiger partial charge in [-0.05, 0) is 59.7 Å². The molecule has 6 nitrogen and oxygen atoms in total. The minimum atomic E-state index is -1.04. The number of aromatic nitrogens is 1. The minimum Gasteiger partial charge on any atom is -0.480 e. The highest BCUT2D eigenvalue weighted by molar-refractivity contribution is 7.98. The van der Waals surface area contributed by atoms with Gasteiger partial charge in [-0.3, -0.25) is 9.78 Å². The molecule has 8 heteroatoms. The summed E-state index contributed by atoms with van der Waals surface area (Å²) in [5.74, 6) is 5.14. The number of thioether (sulfide) groups is 1. The normalized spacial score (nSPS) is 13.2. The Hall–Kier alpha value is -3.82. The smallest absolute Gasteiger partial charge is 0.326 e. The van der Waals surface area contributed by atoms with Crippen LogP contribution in [0.4, 0.5) is 0 Å². The van der Waals surface area contributed by atoms with Crippen LogP contribution in [0.2, 0.25) is 0 Å². The van der Waals surface area contributed by atoms with Gasteiger partial charge in [-0.2, -0.15) is 11.8 Å². The van der Waals surface area contributed by atoms with E-state index < -0.39 is 17.9 Å². The third-order valence-electron chi connectivity index (χ3n) is 6.18. The summed E-state index contributed by atoms with van der Waals surface area (Å²) in [6, 6.07) is 12.4. The van der Waals surface area contributed by atoms with Crippen molar-refractivity contribution in [2.45, 2.75) is 38.5 Å². The van der Waals surface area contributed by atoms with Gasteiger partial charge in [0.05, 0.1) is 28.7 Å². The molecule has 0 radical (unpaired) electrons. The fraction of sp³-hybridized carbons (Fsp3) is 0.258. The number of rotatable bonds is 13. The van der Waals surface area contributed by atoms with Crippen molar-refractivity contribution in [2.75, 3.05) is 12.0 Å². The van der Waals surface area contributed by atoms with Crippen LogP contribution in [-0.4, -0.2) is 40.0 Å². The quantitative estimate of drug-likeness (QED) is 0.200. The van der Waals surface area contributed by atoms with Crippen molar-refractivity contribution in [1.82, 2.24) is 10.3 Å². The number of thiazole rings is 1. The molecule has 1 heterocycles. The molecule has 0 saturated heterocycles. The van der Waals surface area contributed by atoms with Gasteiger partial charge in [0.25, 0.3) is 5.91 Å². The summed E-state index contributed by atoms with van der Waals surface area (Å²) in [6.45, 7) is 2.29. The van der Waals surface area contributed by atoms with Gasteiger partial charge in [-0.25, -0.2) is 4.79 Å². The average molecular weight is 557 g/mol. The van der Waals surface area contributed by atoms with Crippen LogP contribution in [0.1, 0.15) is 45.3 Å². The van der Waals surface area contributed by atoms with Gasteiger partial charge in [-0.15, -0.1) is 11.3 Å². The molecule has 1 aliphatic rings. The van der Waals surface area contributed by atoms with Gasteiger partial charge < -0.3 is 15.2 Å². The fourth-order valence-electron chi connectivity index (χ4n) is 4.13. The third-order valence-corrected chi connectivity index (χ3v) is 7.69. The molecule has 1 unspecified atom stereocenters. The number of aliphatic carboxylic acids is 1.